The monoisotopic (exact) mass is 368 g/mol. The van der Waals surface area contributed by atoms with Gasteiger partial charge in [-0.1, -0.05) is 35.8 Å². The number of nitrogens with zero attached hydrogens (tertiary/aromatic N) is 1. The van der Waals surface area contributed by atoms with Crippen molar-refractivity contribution in [1.82, 2.24) is 10.2 Å². The summed E-state index contributed by atoms with van der Waals surface area (Å²) < 4.78 is 0.829. The van der Waals surface area contributed by atoms with Crippen molar-refractivity contribution >= 4 is 34.0 Å². The van der Waals surface area contributed by atoms with Crippen molar-refractivity contribution in [2.45, 2.75) is 39.3 Å². The molecule has 0 saturated carbocycles. The number of carbonyl (C=O) groups is 3. The van der Waals surface area contributed by atoms with Crippen molar-refractivity contribution in [1.29, 1.82) is 0 Å². The van der Waals surface area contributed by atoms with E-state index in [1.54, 1.807) is 6.07 Å². The molecule has 22 heavy (non-hydrogen) atoms. The van der Waals surface area contributed by atoms with Gasteiger partial charge in [-0.3, -0.25) is 9.59 Å². The van der Waals surface area contributed by atoms with Gasteiger partial charge in [-0.25, -0.2) is 0 Å². The molecule has 1 aliphatic heterocycles. The van der Waals surface area contributed by atoms with Gasteiger partial charge in [-0.15, -0.1) is 0 Å². The molecule has 0 saturated heterocycles. The van der Waals surface area contributed by atoms with Crippen LogP contribution in [0, 0.1) is 0 Å². The molecule has 0 aromatic heterocycles. The highest BCUT2D eigenvalue weighted by Gasteiger charge is 2.35. The van der Waals surface area contributed by atoms with E-state index in [9.17, 15) is 14.4 Å². The fourth-order valence-electron chi connectivity index (χ4n) is 2.37. The zero-order chi connectivity index (χ0) is 16.7. The molecule has 0 radical (unpaired) electrons. The van der Waals surface area contributed by atoms with Crippen LogP contribution in [-0.4, -0.2) is 36.1 Å². The summed E-state index contributed by atoms with van der Waals surface area (Å²) >= 11 is 3.34. The first-order chi connectivity index (χ1) is 10.6. The molecule has 1 atom stereocenters. The maximum Gasteiger partial charge on any atom is 0.255 e. The Kier molecular flexibility index (Phi) is 7.24. The van der Waals surface area contributed by atoms with Gasteiger partial charge in [-0.05, 0) is 24.1 Å². The second-order valence-corrected chi connectivity index (χ2v) is 5.52. The van der Waals surface area contributed by atoms with E-state index in [2.05, 4.69) is 21.2 Å². The molecule has 1 N–H and O–H groups in total. The van der Waals surface area contributed by atoms with Crippen molar-refractivity contribution in [2.75, 3.05) is 7.05 Å². The quantitative estimate of drug-likeness (QED) is 0.812. The largest absolute Gasteiger partial charge is 0.357 e. The third kappa shape index (κ3) is 3.94. The van der Waals surface area contributed by atoms with E-state index in [0.29, 0.717) is 18.5 Å². The van der Waals surface area contributed by atoms with Crippen LogP contribution in [0.25, 0.3) is 0 Å². The van der Waals surface area contributed by atoms with Crippen molar-refractivity contribution in [3.8, 4) is 0 Å². The van der Waals surface area contributed by atoms with Gasteiger partial charge in [0.15, 0.2) is 0 Å². The molecule has 1 heterocycles. The van der Waals surface area contributed by atoms with Gasteiger partial charge < -0.3 is 15.0 Å². The van der Waals surface area contributed by atoms with E-state index in [4.69, 9.17) is 0 Å². The first kappa shape index (κ1) is 18.4. The molecule has 5 nitrogen and oxygen atoms in total. The van der Waals surface area contributed by atoms with Crippen LogP contribution < -0.4 is 5.32 Å². The number of nitrogens with one attached hydrogen (secondary N) is 1. The Balaban J connectivity index is 0.00000116. The fraction of sp³-hybridized carbons (Fsp3) is 0.438. The van der Waals surface area contributed by atoms with Crippen LogP contribution >= 0.6 is 15.9 Å². The molecule has 6 heteroatoms. The fourth-order valence-corrected chi connectivity index (χ4v) is 2.73. The summed E-state index contributed by atoms with van der Waals surface area (Å²) in [7, 11) is 1.53. The van der Waals surface area contributed by atoms with Crippen molar-refractivity contribution < 1.29 is 14.4 Å². The van der Waals surface area contributed by atoms with Crippen LogP contribution in [0.4, 0.5) is 0 Å². The number of carbonyl (C=O) groups excluding carboxylic acids is 3. The van der Waals surface area contributed by atoms with E-state index in [1.807, 2.05) is 26.0 Å². The SMILES string of the molecule is CC.CNC(=O)C(CCC=O)N1Cc2ccc(Br)cc2C1=O. The molecule has 2 rings (SSSR count). The molecule has 120 valence electrons. The Hall–Kier alpha value is -1.69. The van der Waals surface area contributed by atoms with Gasteiger partial charge in [0.25, 0.3) is 5.91 Å². The molecule has 1 aromatic rings. The zero-order valence-corrected chi connectivity index (χ0v) is 14.6. The molecule has 1 aliphatic rings. The zero-order valence-electron chi connectivity index (χ0n) is 13.1. The first-order valence-electron chi connectivity index (χ1n) is 7.33. The highest BCUT2D eigenvalue weighted by atomic mass is 79.9. The Morgan fingerprint density at radius 2 is 2.14 bits per heavy atom. The summed E-state index contributed by atoms with van der Waals surface area (Å²) in [4.78, 5) is 36.4. The molecule has 0 bridgehead atoms. The Bertz CT molecular complexity index is 560. The normalized spacial score (nSPS) is 13.8. The number of hydrogen-bond acceptors (Lipinski definition) is 3. The number of benzene rings is 1. The van der Waals surface area contributed by atoms with Gasteiger partial charge in [0.1, 0.15) is 12.3 Å². The topological polar surface area (TPSA) is 66.5 Å². The molecule has 1 unspecified atom stereocenters. The minimum atomic E-state index is -0.608. The van der Waals surface area contributed by atoms with Crippen molar-refractivity contribution in [3.05, 3.63) is 33.8 Å². The lowest BCUT2D eigenvalue weighted by molar-refractivity contribution is -0.125. The minimum Gasteiger partial charge on any atom is -0.357 e. The summed E-state index contributed by atoms with van der Waals surface area (Å²) in [5.74, 6) is -0.409. The van der Waals surface area contributed by atoms with E-state index >= 15 is 0 Å². The number of fused-ring (bicyclic) bond motifs is 1. The van der Waals surface area contributed by atoms with Gasteiger partial charge in [0.05, 0.1) is 0 Å². The van der Waals surface area contributed by atoms with Gasteiger partial charge in [0.2, 0.25) is 5.91 Å². The molecule has 0 aliphatic carbocycles. The second-order valence-electron chi connectivity index (χ2n) is 4.61. The van der Waals surface area contributed by atoms with E-state index < -0.39 is 6.04 Å². The van der Waals surface area contributed by atoms with E-state index in [1.165, 1.54) is 11.9 Å². The van der Waals surface area contributed by atoms with Crippen LogP contribution in [-0.2, 0) is 16.1 Å². The van der Waals surface area contributed by atoms with Crippen LogP contribution in [0.15, 0.2) is 22.7 Å². The molecule has 0 spiro atoms. The lowest BCUT2D eigenvalue weighted by atomic mass is 10.1. The highest BCUT2D eigenvalue weighted by molar-refractivity contribution is 9.10. The van der Waals surface area contributed by atoms with Crippen LogP contribution in [0.3, 0.4) is 0 Å². The van der Waals surface area contributed by atoms with Crippen LogP contribution in [0.2, 0.25) is 0 Å². The van der Waals surface area contributed by atoms with Gasteiger partial charge in [-0.2, -0.15) is 0 Å². The smallest absolute Gasteiger partial charge is 0.255 e. The standard InChI is InChI=1S/C14H15BrN2O3.C2H6/c1-16-13(19)12(3-2-6-18)17-8-9-4-5-10(15)7-11(9)14(17)20;1-2/h4-7,12H,2-3,8H2,1H3,(H,16,19);1-2H3. The molecule has 2 amide bonds. The van der Waals surface area contributed by atoms with E-state index in [-0.39, 0.29) is 18.2 Å². The first-order valence-corrected chi connectivity index (χ1v) is 8.12. The number of halogens is 1. The number of hydrogen-bond donors (Lipinski definition) is 1. The molecular formula is C16H21BrN2O3. The van der Waals surface area contributed by atoms with Gasteiger partial charge >= 0.3 is 0 Å². The second kappa shape index (κ2) is 8.68. The summed E-state index contributed by atoms with van der Waals surface area (Å²) in [6.45, 7) is 4.40. The average Bonchev–Trinajstić information content (AvgIpc) is 2.86. The number of likely N-dealkylation sites (N-methyl/N-ethyl adjacent to an activating group) is 1. The lowest BCUT2D eigenvalue weighted by Crippen LogP contribution is -2.46. The summed E-state index contributed by atoms with van der Waals surface area (Å²) in [6.07, 6.45) is 1.35. The predicted molar refractivity (Wildman–Crippen MR) is 88.5 cm³/mol. The summed E-state index contributed by atoms with van der Waals surface area (Å²) in [6, 6.07) is 4.90. The maximum absolute atomic E-state index is 12.4. The number of rotatable bonds is 5. The van der Waals surface area contributed by atoms with Crippen LogP contribution in [0.5, 0.6) is 0 Å². The summed E-state index contributed by atoms with van der Waals surface area (Å²) in [5.41, 5.74) is 1.51. The third-order valence-corrected chi connectivity index (χ3v) is 3.88. The lowest BCUT2D eigenvalue weighted by Gasteiger charge is -2.25. The summed E-state index contributed by atoms with van der Waals surface area (Å²) in [5, 5.41) is 2.55. The molecular weight excluding hydrogens is 348 g/mol. The Labute approximate surface area is 139 Å². The van der Waals surface area contributed by atoms with Crippen molar-refractivity contribution in [3.63, 3.8) is 0 Å². The average molecular weight is 369 g/mol. The number of amides is 2. The third-order valence-electron chi connectivity index (χ3n) is 3.39. The Morgan fingerprint density at radius 3 is 2.73 bits per heavy atom. The Morgan fingerprint density at radius 1 is 1.45 bits per heavy atom. The van der Waals surface area contributed by atoms with E-state index in [0.717, 1.165) is 16.3 Å². The predicted octanol–water partition coefficient (Wildman–Crippen LogP) is 2.52. The maximum atomic E-state index is 12.4. The highest BCUT2D eigenvalue weighted by Crippen LogP contribution is 2.28. The minimum absolute atomic E-state index is 0.166. The van der Waals surface area contributed by atoms with Crippen LogP contribution in [0.1, 0.15) is 42.6 Å². The molecule has 1 aromatic carbocycles. The molecule has 0 fully saturated rings. The van der Waals surface area contributed by atoms with Gasteiger partial charge in [0, 0.05) is 30.0 Å². The number of aldehydes is 1. The van der Waals surface area contributed by atoms with Crippen molar-refractivity contribution in [2.24, 2.45) is 0 Å².